The predicted molar refractivity (Wildman–Crippen MR) is 115 cm³/mol. The Morgan fingerprint density at radius 3 is 1.86 bits per heavy atom. The zero-order valence-corrected chi connectivity index (χ0v) is 17.8. The normalized spacial score (nSPS) is 21.2. The first-order chi connectivity index (χ1) is 13.3. The van der Waals surface area contributed by atoms with Gasteiger partial charge in [-0.2, -0.15) is 5.06 Å². The molecule has 1 fully saturated rings. The Morgan fingerprint density at radius 2 is 1.36 bits per heavy atom. The summed E-state index contributed by atoms with van der Waals surface area (Å²) in [5, 5.41) is 12.4. The minimum atomic E-state index is -0.102. The molecule has 3 heteroatoms. The molecule has 2 aromatic rings. The van der Waals surface area contributed by atoms with Crippen molar-refractivity contribution in [3.63, 3.8) is 0 Å². The van der Waals surface area contributed by atoms with Crippen LogP contribution >= 0.6 is 0 Å². The highest BCUT2D eigenvalue weighted by molar-refractivity contribution is 5.22. The third-order valence-corrected chi connectivity index (χ3v) is 6.07. The fourth-order valence-corrected chi connectivity index (χ4v) is 4.60. The monoisotopic (exact) mass is 381 g/mol. The van der Waals surface area contributed by atoms with E-state index in [2.05, 4.69) is 69.2 Å². The van der Waals surface area contributed by atoms with Gasteiger partial charge in [0.15, 0.2) is 0 Å². The van der Waals surface area contributed by atoms with E-state index in [0.29, 0.717) is 0 Å². The Morgan fingerprint density at radius 1 is 0.857 bits per heavy atom. The summed E-state index contributed by atoms with van der Waals surface area (Å²) < 4.78 is 0. The van der Waals surface area contributed by atoms with Gasteiger partial charge in [-0.05, 0) is 64.5 Å². The fraction of sp³-hybridized carbons (Fsp3) is 0.520. The first-order valence-corrected chi connectivity index (χ1v) is 10.5. The summed E-state index contributed by atoms with van der Waals surface area (Å²) in [6.07, 6.45) is 4.11. The van der Waals surface area contributed by atoms with Crippen LogP contribution in [-0.2, 0) is 4.84 Å². The van der Waals surface area contributed by atoms with Gasteiger partial charge in [-0.3, -0.25) is 4.84 Å². The van der Waals surface area contributed by atoms with Crippen LogP contribution in [0.5, 0.6) is 0 Å². The summed E-state index contributed by atoms with van der Waals surface area (Å²) in [6, 6.07) is 20.7. The van der Waals surface area contributed by atoms with Crippen molar-refractivity contribution in [1.29, 1.82) is 0 Å². The zero-order valence-electron chi connectivity index (χ0n) is 17.8. The molecule has 1 N–H and O–H groups in total. The topological polar surface area (TPSA) is 32.7 Å². The predicted octanol–water partition coefficient (Wildman–Crippen LogP) is 5.87. The van der Waals surface area contributed by atoms with Gasteiger partial charge in [0.05, 0.1) is 6.61 Å². The molecule has 0 saturated carbocycles. The minimum absolute atomic E-state index is 0.0176. The highest BCUT2D eigenvalue weighted by Crippen LogP contribution is 2.42. The Labute approximate surface area is 170 Å². The molecule has 2 aromatic carbocycles. The number of aliphatic hydroxyl groups excluding tert-OH is 1. The van der Waals surface area contributed by atoms with Crippen LogP contribution in [0.3, 0.4) is 0 Å². The molecular formula is C25H35NO2. The molecule has 1 aliphatic heterocycles. The number of hydrogen-bond acceptors (Lipinski definition) is 3. The molecule has 0 radical (unpaired) electrons. The van der Waals surface area contributed by atoms with Gasteiger partial charge in [0, 0.05) is 17.0 Å². The molecule has 1 heterocycles. The Kier molecular flexibility index (Phi) is 6.59. The van der Waals surface area contributed by atoms with E-state index in [0.717, 1.165) is 30.4 Å². The van der Waals surface area contributed by atoms with E-state index in [1.165, 1.54) is 6.42 Å². The maximum absolute atomic E-state index is 10.1. The van der Waals surface area contributed by atoms with Gasteiger partial charge in [-0.1, -0.05) is 60.7 Å². The van der Waals surface area contributed by atoms with Crippen molar-refractivity contribution in [3.05, 3.63) is 71.8 Å². The van der Waals surface area contributed by atoms with Crippen LogP contribution in [-0.4, -0.2) is 27.9 Å². The van der Waals surface area contributed by atoms with Crippen LogP contribution in [0.25, 0.3) is 0 Å². The lowest BCUT2D eigenvalue weighted by molar-refractivity contribution is -0.308. The molecule has 3 nitrogen and oxygen atoms in total. The van der Waals surface area contributed by atoms with Crippen molar-refractivity contribution in [1.82, 2.24) is 5.06 Å². The summed E-state index contributed by atoms with van der Waals surface area (Å²) in [7, 11) is 0. The Hall–Kier alpha value is -1.68. The second kappa shape index (κ2) is 8.77. The fourth-order valence-electron chi connectivity index (χ4n) is 4.60. The molecule has 3 rings (SSSR count). The molecule has 0 bridgehead atoms. The summed E-state index contributed by atoms with van der Waals surface area (Å²) in [6.45, 7) is 9.21. The quantitative estimate of drug-likeness (QED) is 0.651. The SMILES string of the molecule is CC1(C)CCCC(C)(C)N1OC(CC(CO)c1ccccc1)c1ccccc1. The first kappa shape index (κ1) is 21.0. The maximum atomic E-state index is 10.1. The average Bonchev–Trinajstić information content (AvgIpc) is 2.68. The van der Waals surface area contributed by atoms with E-state index in [-0.39, 0.29) is 29.7 Å². The minimum Gasteiger partial charge on any atom is -0.396 e. The maximum Gasteiger partial charge on any atom is 0.105 e. The number of aliphatic hydroxyl groups is 1. The van der Waals surface area contributed by atoms with Crippen molar-refractivity contribution in [2.45, 2.75) is 76.5 Å². The van der Waals surface area contributed by atoms with Gasteiger partial charge in [-0.15, -0.1) is 0 Å². The molecule has 2 atom stereocenters. The van der Waals surface area contributed by atoms with E-state index in [1.54, 1.807) is 0 Å². The van der Waals surface area contributed by atoms with Gasteiger partial charge in [0.25, 0.3) is 0 Å². The highest BCUT2D eigenvalue weighted by Gasteiger charge is 2.44. The molecule has 1 aliphatic rings. The van der Waals surface area contributed by atoms with Crippen LogP contribution in [0.1, 0.15) is 76.5 Å². The molecule has 2 unspecified atom stereocenters. The first-order valence-electron chi connectivity index (χ1n) is 10.5. The molecule has 0 spiro atoms. The third-order valence-electron chi connectivity index (χ3n) is 6.07. The average molecular weight is 382 g/mol. The lowest BCUT2D eigenvalue weighted by Crippen LogP contribution is -2.58. The van der Waals surface area contributed by atoms with E-state index in [4.69, 9.17) is 4.84 Å². The number of nitrogens with zero attached hydrogens (tertiary/aromatic N) is 1. The standard InChI is InChI=1S/C25H35NO2/c1-24(2)16-11-17-25(3,4)26(24)28-23(21-14-9-6-10-15-21)18-22(19-27)20-12-7-5-8-13-20/h5-10,12-15,22-23,27H,11,16-19H2,1-4H3. The smallest absolute Gasteiger partial charge is 0.105 e. The molecular weight excluding hydrogens is 346 g/mol. The second-order valence-electron chi connectivity index (χ2n) is 9.30. The number of hydrogen-bond donors (Lipinski definition) is 1. The molecule has 1 saturated heterocycles. The Bertz CT molecular complexity index is 711. The molecule has 152 valence electrons. The van der Waals surface area contributed by atoms with Gasteiger partial charge in [0.1, 0.15) is 6.10 Å². The second-order valence-corrected chi connectivity index (χ2v) is 9.30. The molecule has 28 heavy (non-hydrogen) atoms. The van der Waals surface area contributed by atoms with Gasteiger partial charge in [0.2, 0.25) is 0 Å². The lowest BCUT2D eigenvalue weighted by atomic mass is 9.82. The third kappa shape index (κ3) is 4.83. The van der Waals surface area contributed by atoms with E-state index >= 15 is 0 Å². The summed E-state index contributed by atoms with van der Waals surface area (Å²) >= 11 is 0. The highest BCUT2D eigenvalue weighted by atomic mass is 16.7. The van der Waals surface area contributed by atoms with Crippen LogP contribution < -0.4 is 0 Å². The van der Waals surface area contributed by atoms with Crippen LogP contribution in [0.15, 0.2) is 60.7 Å². The summed E-state index contributed by atoms with van der Waals surface area (Å²) in [4.78, 5) is 6.78. The van der Waals surface area contributed by atoms with Gasteiger partial charge >= 0.3 is 0 Å². The van der Waals surface area contributed by atoms with Crippen molar-refractivity contribution in [2.24, 2.45) is 0 Å². The van der Waals surface area contributed by atoms with Crippen molar-refractivity contribution in [2.75, 3.05) is 6.61 Å². The number of hydroxylamine groups is 2. The molecule has 0 aromatic heterocycles. The largest absolute Gasteiger partial charge is 0.396 e. The van der Waals surface area contributed by atoms with Crippen LogP contribution in [0, 0.1) is 0 Å². The van der Waals surface area contributed by atoms with E-state index in [9.17, 15) is 5.11 Å². The molecule has 0 amide bonds. The number of rotatable bonds is 7. The van der Waals surface area contributed by atoms with E-state index < -0.39 is 0 Å². The van der Waals surface area contributed by atoms with Crippen molar-refractivity contribution >= 4 is 0 Å². The lowest BCUT2D eigenvalue weighted by Gasteiger charge is -2.52. The van der Waals surface area contributed by atoms with Crippen molar-refractivity contribution in [3.8, 4) is 0 Å². The molecule has 0 aliphatic carbocycles. The summed E-state index contributed by atoms with van der Waals surface area (Å²) in [5.74, 6) is 0.0439. The summed E-state index contributed by atoms with van der Waals surface area (Å²) in [5.41, 5.74) is 2.28. The zero-order chi connectivity index (χ0) is 20.2. The van der Waals surface area contributed by atoms with E-state index in [1.807, 2.05) is 24.3 Å². The number of piperidine rings is 1. The van der Waals surface area contributed by atoms with Gasteiger partial charge in [-0.25, -0.2) is 0 Å². The van der Waals surface area contributed by atoms with Crippen LogP contribution in [0.2, 0.25) is 0 Å². The van der Waals surface area contributed by atoms with Crippen molar-refractivity contribution < 1.29 is 9.94 Å². The van der Waals surface area contributed by atoms with Crippen LogP contribution in [0.4, 0.5) is 0 Å². The Balaban J connectivity index is 1.89. The number of benzene rings is 2. The van der Waals surface area contributed by atoms with Gasteiger partial charge < -0.3 is 5.11 Å².